The van der Waals surface area contributed by atoms with E-state index >= 15 is 0 Å². The Morgan fingerprint density at radius 1 is 1.06 bits per heavy atom. The van der Waals surface area contributed by atoms with Gasteiger partial charge in [0.05, 0.1) is 0 Å². The van der Waals surface area contributed by atoms with E-state index in [9.17, 15) is 9.59 Å². The first-order valence-electron chi connectivity index (χ1n) is 10.8. The maximum Gasteiger partial charge on any atom is 0.242 e. The van der Waals surface area contributed by atoms with Gasteiger partial charge >= 0.3 is 0 Å². The summed E-state index contributed by atoms with van der Waals surface area (Å²) >= 11 is 7.64. The second kappa shape index (κ2) is 12.8. The van der Waals surface area contributed by atoms with E-state index in [1.165, 1.54) is 0 Å². The first-order valence-corrected chi connectivity index (χ1v) is 12.1. The number of rotatable bonds is 11. The van der Waals surface area contributed by atoms with Crippen molar-refractivity contribution in [3.63, 3.8) is 0 Å². The highest BCUT2D eigenvalue weighted by atomic mass is 35.5. The van der Waals surface area contributed by atoms with Gasteiger partial charge in [0.25, 0.3) is 0 Å². The number of benzene rings is 2. The van der Waals surface area contributed by atoms with E-state index in [1.54, 1.807) is 16.7 Å². The minimum Gasteiger partial charge on any atom is -0.354 e. The molecule has 0 bridgehead atoms. The van der Waals surface area contributed by atoms with E-state index in [1.807, 2.05) is 62.4 Å². The zero-order chi connectivity index (χ0) is 22.8. The number of halogens is 1. The molecule has 0 aromatic heterocycles. The molecule has 0 aliphatic carbocycles. The van der Waals surface area contributed by atoms with Gasteiger partial charge in [-0.25, -0.2) is 0 Å². The van der Waals surface area contributed by atoms with Crippen LogP contribution in [0.15, 0.2) is 53.4 Å². The summed E-state index contributed by atoms with van der Waals surface area (Å²) in [5.74, 6) is 1.10. The van der Waals surface area contributed by atoms with Gasteiger partial charge in [0, 0.05) is 29.4 Å². The molecule has 0 radical (unpaired) electrons. The van der Waals surface area contributed by atoms with Gasteiger partial charge in [0.1, 0.15) is 6.04 Å². The third-order valence-corrected chi connectivity index (χ3v) is 6.42. The SMILES string of the molecule is Cc1ccccc1CN(C(=O)CCCSc1ccc(Cl)cc1)C(C)C(=O)NCC(C)C. The summed E-state index contributed by atoms with van der Waals surface area (Å²) in [7, 11) is 0. The van der Waals surface area contributed by atoms with Gasteiger partial charge in [-0.2, -0.15) is 0 Å². The van der Waals surface area contributed by atoms with Crippen LogP contribution in [-0.4, -0.2) is 35.1 Å². The first kappa shape index (κ1) is 25.3. The van der Waals surface area contributed by atoms with E-state index in [4.69, 9.17) is 11.6 Å². The number of hydrogen-bond acceptors (Lipinski definition) is 3. The molecule has 0 saturated carbocycles. The van der Waals surface area contributed by atoms with Crippen molar-refractivity contribution in [1.29, 1.82) is 0 Å². The van der Waals surface area contributed by atoms with Gasteiger partial charge < -0.3 is 10.2 Å². The molecule has 2 amide bonds. The highest BCUT2D eigenvalue weighted by Gasteiger charge is 2.26. The zero-order valence-electron chi connectivity index (χ0n) is 18.9. The van der Waals surface area contributed by atoms with E-state index in [2.05, 4.69) is 19.2 Å². The van der Waals surface area contributed by atoms with Crippen molar-refractivity contribution in [2.75, 3.05) is 12.3 Å². The highest BCUT2D eigenvalue weighted by Crippen LogP contribution is 2.22. The van der Waals surface area contributed by atoms with Gasteiger partial charge in [0.2, 0.25) is 11.8 Å². The van der Waals surface area contributed by atoms with Gasteiger partial charge in [0.15, 0.2) is 0 Å². The number of amides is 2. The summed E-state index contributed by atoms with van der Waals surface area (Å²) < 4.78 is 0. The average molecular weight is 461 g/mol. The van der Waals surface area contributed by atoms with Crippen LogP contribution < -0.4 is 5.32 Å². The van der Waals surface area contributed by atoms with Crippen molar-refractivity contribution >= 4 is 35.2 Å². The Labute approximate surface area is 195 Å². The average Bonchev–Trinajstić information content (AvgIpc) is 2.75. The Kier molecular flexibility index (Phi) is 10.4. The normalized spacial score (nSPS) is 11.9. The Hall–Kier alpha value is -1.98. The van der Waals surface area contributed by atoms with E-state index in [0.717, 1.165) is 33.2 Å². The number of carbonyl (C=O) groups excluding carboxylic acids is 2. The monoisotopic (exact) mass is 460 g/mol. The number of nitrogens with one attached hydrogen (secondary N) is 1. The largest absolute Gasteiger partial charge is 0.354 e. The number of nitrogens with zero attached hydrogens (tertiary/aromatic N) is 1. The minimum atomic E-state index is -0.519. The molecule has 168 valence electrons. The van der Waals surface area contributed by atoms with Crippen LogP contribution in [0.2, 0.25) is 5.02 Å². The molecule has 0 heterocycles. The van der Waals surface area contributed by atoms with Gasteiger partial charge in [-0.1, -0.05) is 49.7 Å². The van der Waals surface area contributed by atoms with E-state index in [-0.39, 0.29) is 11.8 Å². The second-order valence-corrected chi connectivity index (χ2v) is 9.77. The van der Waals surface area contributed by atoms with Gasteiger partial charge in [-0.05, 0) is 67.3 Å². The molecule has 6 heteroatoms. The molecular formula is C25H33ClN2O2S. The lowest BCUT2D eigenvalue weighted by Crippen LogP contribution is -2.48. The molecule has 2 aromatic rings. The van der Waals surface area contributed by atoms with Crippen LogP contribution >= 0.6 is 23.4 Å². The van der Waals surface area contributed by atoms with Crippen molar-refractivity contribution in [2.45, 2.75) is 58.0 Å². The Bertz CT molecular complexity index is 855. The summed E-state index contributed by atoms with van der Waals surface area (Å²) in [6.45, 7) is 9.00. The summed E-state index contributed by atoms with van der Waals surface area (Å²) in [4.78, 5) is 28.7. The van der Waals surface area contributed by atoms with Crippen molar-refractivity contribution in [1.82, 2.24) is 10.2 Å². The lowest BCUT2D eigenvalue weighted by molar-refractivity contribution is -0.140. The number of aryl methyl sites for hydroxylation is 1. The number of thioether (sulfide) groups is 1. The number of carbonyl (C=O) groups is 2. The molecule has 31 heavy (non-hydrogen) atoms. The maximum atomic E-state index is 13.1. The molecular weight excluding hydrogens is 428 g/mol. The van der Waals surface area contributed by atoms with Crippen LogP contribution in [0.4, 0.5) is 0 Å². The molecule has 2 rings (SSSR count). The van der Waals surface area contributed by atoms with Crippen LogP contribution in [0.1, 0.15) is 44.7 Å². The fourth-order valence-electron chi connectivity index (χ4n) is 3.09. The van der Waals surface area contributed by atoms with E-state index in [0.29, 0.717) is 25.4 Å². The molecule has 0 fully saturated rings. The van der Waals surface area contributed by atoms with Gasteiger partial charge in [-0.15, -0.1) is 11.8 Å². The Morgan fingerprint density at radius 3 is 2.39 bits per heavy atom. The molecule has 2 aromatic carbocycles. The summed E-state index contributed by atoms with van der Waals surface area (Å²) in [5, 5.41) is 3.68. The van der Waals surface area contributed by atoms with Crippen molar-refractivity contribution in [3.8, 4) is 0 Å². The molecule has 1 unspecified atom stereocenters. The highest BCUT2D eigenvalue weighted by molar-refractivity contribution is 7.99. The smallest absolute Gasteiger partial charge is 0.242 e. The topological polar surface area (TPSA) is 49.4 Å². The quantitative estimate of drug-likeness (QED) is 0.345. The predicted octanol–water partition coefficient (Wildman–Crippen LogP) is 5.71. The minimum absolute atomic E-state index is 0.00663. The molecule has 4 nitrogen and oxygen atoms in total. The van der Waals surface area contributed by atoms with Crippen LogP contribution in [-0.2, 0) is 16.1 Å². The second-order valence-electron chi connectivity index (χ2n) is 8.17. The fraction of sp³-hybridized carbons (Fsp3) is 0.440. The Morgan fingerprint density at radius 2 is 1.74 bits per heavy atom. The summed E-state index contributed by atoms with van der Waals surface area (Å²) in [5.41, 5.74) is 2.18. The molecule has 1 N–H and O–H groups in total. The summed E-state index contributed by atoms with van der Waals surface area (Å²) in [6.07, 6.45) is 1.16. The lowest BCUT2D eigenvalue weighted by atomic mass is 10.1. The first-order chi connectivity index (χ1) is 14.8. The summed E-state index contributed by atoms with van der Waals surface area (Å²) in [6, 6.07) is 15.2. The molecule has 0 aliphatic heterocycles. The third kappa shape index (κ3) is 8.58. The van der Waals surface area contributed by atoms with Gasteiger partial charge in [-0.3, -0.25) is 9.59 Å². The van der Waals surface area contributed by atoms with Crippen LogP contribution in [0.3, 0.4) is 0 Å². The third-order valence-electron chi connectivity index (χ3n) is 5.07. The Balaban J connectivity index is 2.00. The zero-order valence-corrected chi connectivity index (χ0v) is 20.4. The van der Waals surface area contributed by atoms with Crippen molar-refractivity contribution in [2.24, 2.45) is 5.92 Å². The van der Waals surface area contributed by atoms with Crippen LogP contribution in [0.5, 0.6) is 0 Å². The van der Waals surface area contributed by atoms with E-state index < -0.39 is 6.04 Å². The van der Waals surface area contributed by atoms with Crippen LogP contribution in [0, 0.1) is 12.8 Å². The molecule has 1 atom stereocenters. The maximum absolute atomic E-state index is 13.1. The van der Waals surface area contributed by atoms with Crippen LogP contribution in [0.25, 0.3) is 0 Å². The standard InChI is InChI=1S/C25H33ClN2O2S/c1-18(2)16-27-25(30)20(4)28(17-21-9-6-5-8-19(21)3)24(29)10-7-15-31-23-13-11-22(26)12-14-23/h5-6,8-9,11-14,18,20H,7,10,15-17H2,1-4H3,(H,27,30). The molecule has 0 saturated heterocycles. The molecule has 0 spiro atoms. The predicted molar refractivity (Wildman–Crippen MR) is 130 cm³/mol. The number of hydrogen-bond donors (Lipinski definition) is 1. The fourth-order valence-corrected chi connectivity index (χ4v) is 4.07. The van der Waals surface area contributed by atoms with Crippen molar-refractivity contribution in [3.05, 3.63) is 64.7 Å². The lowest BCUT2D eigenvalue weighted by Gasteiger charge is -2.29. The molecule has 0 aliphatic rings. The van der Waals surface area contributed by atoms with Crippen molar-refractivity contribution < 1.29 is 9.59 Å².